The van der Waals surface area contributed by atoms with Crippen molar-refractivity contribution in [3.05, 3.63) is 29.8 Å². The Morgan fingerprint density at radius 1 is 1.35 bits per heavy atom. The van der Waals surface area contributed by atoms with Gasteiger partial charge in [-0.3, -0.25) is 9.59 Å². The highest BCUT2D eigenvalue weighted by Crippen LogP contribution is 2.20. The normalized spacial score (nSPS) is 17.7. The minimum atomic E-state index is -0.860. The van der Waals surface area contributed by atoms with Crippen LogP contribution in [0.2, 0.25) is 0 Å². The van der Waals surface area contributed by atoms with E-state index in [1.54, 1.807) is 6.92 Å². The van der Waals surface area contributed by atoms with Gasteiger partial charge in [-0.25, -0.2) is 8.78 Å². The second kappa shape index (κ2) is 7.89. The van der Waals surface area contributed by atoms with Crippen molar-refractivity contribution >= 4 is 11.9 Å². The lowest BCUT2D eigenvalue weighted by atomic mass is 9.98. The molecule has 1 atom stereocenters. The van der Waals surface area contributed by atoms with Crippen molar-refractivity contribution in [2.24, 2.45) is 5.92 Å². The number of ether oxygens (including phenoxy) is 2. The third-order valence-corrected chi connectivity index (χ3v) is 3.64. The molecule has 7 heteroatoms. The van der Waals surface area contributed by atoms with Crippen LogP contribution in [0.4, 0.5) is 8.78 Å². The molecule has 5 nitrogen and oxygen atoms in total. The number of piperidine rings is 1. The number of carbonyl (C=O) groups is 2. The van der Waals surface area contributed by atoms with Gasteiger partial charge in [-0.1, -0.05) is 0 Å². The summed E-state index contributed by atoms with van der Waals surface area (Å²) < 4.78 is 36.3. The molecule has 1 fully saturated rings. The first-order valence-corrected chi connectivity index (χ1v) is 7.53. The average Bonchev–Trinajstić information content (AvgIpc) is 2.54. The van der Waals surface area contributed by atoms with Gasteiger partial charge in [-0.2, -0.15) is 0 Å². The first kappa shape index (κ1) is 17.2. The lowest BCUT2D eigenvalue weighted by Crippen LogP contribution is -2.44. The summed E-state index contributed by atoms with van der Waals surface area (Å²) in [5.74, 6) is -2.75. The number of nitrogens with zero attached hydrogens (tertiary/aromatic N) is 1. The van der Waals surface area contributed by atoms with Crippen molar-refractivity contribution in [3.63, 3.8) is 0 Å². The number of hydrogen-bond acceptors (Lipinski definition) is 4. The monoisotopic (exact) mass is 327 g/mol. The van der Waals surface area contributed by atoms with E-state index in [4.69, 9.17) is 9.47 Å². The maximum Gasteiger partial charge on any atom is 0.310 e. The fourth-order valence-electron chi connectivity index (χ4n) is 2.48. The highest BCUT2D eigenvalue weighted by atomic mass is 19.1. The summed E-state index contributed by atoms with van der Waals surface area (Å²) in [6.45, 7) is 2.46. The smallest absolute Gasteiger partial charge is 0.310 e. The van der Waals surface area contributed by atoms with E-state index in [0.717, 1.165) is 12.1 Å². The lowest BCUT2D eigenvalue weighted by Gasteiger charge is -2.31. The highest BCUT2D eigenvalue weighted by molar-refractivity contribution is 5.79. The third-order valence-electron chi connectivity index (χ3n) is 3.64. The summed E-state index contributed by atoms with van der Waals surface area (Å²) >= 11 is 0. The molecule has 1 aromatic rings. The Balaban J connectivity index is 1.88. The molecule has 23 heavy (non-hydrogen) atoms. The molecule has 0 spiro atoms. The van der Waals surface area contributed by atoms with E-state index < -0.39 is 11.6 Å². The fourth-order valence-corrected chi connectivity index (χ4v) is 2.48. The zero-order valence-electron chi connectivity index (χ0n) is 12.9. The molecule has 2 rings (SSSR count). The molecule has 0 bridgehead atoms. The molecule has 126 valence electrons. The molecule has 0 aromatic heterocycles. The van der Waals surface area contributed by atoms with Crippen LogP contribution in [0, 0.1) is 17.6 Å². The number of hydrogen-bond donors (Lipinski definition) is 0. The summed E-state index contributed by atoms with van der Waals surface area (Å²) in [6, 6.07) is 2.88. The minimum Gasteiger partial charge on any atom is -0.481 e. The molecule has 1 heterocycles. The van der Waals surface area contributed by atoms with Gasteiger partial charge >= 0.3 is 5.97 Å². The Hall–Kier alpha value is -2.18. The summed E-state index contributed by atoms with van der Waals surface area (Å²) in [5, 5.41) is 0. The molecule has 0 aliphatic carbocycles. The summed E-state index contributed by atoms with van der Waals surface area (Å²) in [7, 11) is 0. The van der Waals surface area contributed by atoms with Gasteiger partial charge < -0.3 is 14.4 Å². The predicted octanol–water partition coefficient (Wildman–Crippen LogP) is 2.15. The number of amides is 1. The van der Waals surface area contributed by atoms with E-state index in [1.807, 2.05) is 0 Å². The van der Waals surface area contributed by atoms with Crippen LogP contribution in [-0.4, -0.2) is 43.1 Å². The Labute approximate surface area is 133 Å². The molecular weight excluding hydrogens is 308 g/mol. The summed E-state index contributed by atoms with van der Waals surface area (Å²) in [5.41, 5.74) is 0. The number of carbonyl (C=O) groups excluding carboxylic acids is 2. The molecule has 0 N–H and O–H groups in total. The molecule has 0 radical (unpaired) electrons. The second-order valence-corrected chi connectivity index (χ2v) is 5.29. The van der Waals surface area contributed by atoms with Crippen LogP contribution in [0.5, 0.6) is 5.75 Å². The largest absolute Gasteiger partial charge is 0.481 e. The number of benzene rings is 1. The molecule has 1 aliphatic rings. The van der Waals surface area contributed by atoms with E-state index in [1.165, 1.54) is 4.90 Å². The molecular formula is C16H19F2NO4. The van der Waals surface area contributed by atoms with Crippen molar-refractivity contribution < 1.29 is 27.8 Å². The second-order valence-electron chi connectivity index (χ2n) is 5.29. The number of likely N-dealkylation sites (tertiary alicyclic amines) is 1. The van der Waals surface area contributed by atoms with Crippen LogP contribution >= 0.6 is 0 Å². The Kier molecular flexibility index (Phi) is 5.90. The topological polar surface area (TPSA) is 55.8 Å². The van der Waals surface area contributed by atoms with Gasteiger partial charge in [0.2, 0.25) is 0 Å². The molecule has 0 saturated carbocycles. The Morgan fingerprint density at radius 3 is 2.83 bits per heavy atom. The van der Waals surface area contributed by atoms with Gasteiger partial charge in [-0.05, 0) is 31.9 Å². The number of rotatable bonds is 5. The average molecular weight is 327 g/mol. The van der Waals surface area contributed by atoms with Gasteiger partial charge in [0.1, 0.15) is 5.82 Å². The zero-order valence-corrected chi connectivity index (χ0v) is 12.9. The van der Waals surface area contributed by atoms with Gasteiger partial charge in [-0.15, -0.1) is 0 Å². The van der Waals surface area contributed by atoms with Gasteiger partial charge in [0, 0.05) is 19.2 Å². The van der Waals surface area contributed by atoms with Gasteiger partial charge in [0.25, 0.3) is 5.91 Å². The molecule has 1 amide bonds. The first-order valence-electron chi connectivity index (χ1n) is 7.53. The van der Waals surface area contributed by atoms with Crippen LogP contribution in [0.3, 0.4) is 0 Å². The maximum atomic E-state index is 13.4. The van der Waals surface area contributed by atoms with E-state index in [0.29, 0.717) is 32.1 Å². The number of esters is 1. The van der Waals surface area contributed by atoms with E-state index in [2.05, 4.69) is 0 Å². The maximum absolute atomic E-state index is 13.4. The van der Waals surface area contributed by atoms with Crippen LogP contribution in [0.1, 0.15) is 19.8 Å². The van der Waals surface area contributed by atoms with E-state index in [9.17, 15) is 18.4 Å². The van der Waals surface area contributed by atoms with Crippen LogP contribution < -0.4 is 4.74 Å². The Bertz CT molecular complexity index is 579. The summed E-state index contributed by atoms with van der Waals surface area (Å²) in [6.07, 6.45) is 1.37. The molecule has 1 aliphatic heterocycles. The molecule has 1 aromatic carbocycles. The Morgan fingerprint density at radius 2 is 2.13 bits per heavy atom. The third kappa shape index (κ3) is 4.64. The number of halogens is 2. The van der Waals surface area contributed by atoms with Gasteiger partial charge in [0.15, 0.2) is 18.2 Å². The first-order chi connectivity index (χ1) is 11.0. The fraction of sp³-hybridized carbons (Fsp3) is 0.500. The van der Waals surface area contributed by atoms with Crippen LogP contribution in [0.15, 0.2) is 18.2 Å². The van der Waals surface area contributed by atoms with Crippen molar-refractivity contribution in [2.75, 3.05) is 26.3 Å². The van der Waals surface area contributed by atoms with E-state index in [-0.39, 0.29) is 36.7 Å². The standard InChI is InChI=1S/C16H19F2NO4/c1-2-22-16(21)11-4-3-7-19(9-11)15(20)10-23-14-6-5-12(17)8-13(14)18/h5-6,8,11H,2-4,7,9-10H2,1H3. The lowest BCUT2D eigenvalue weighted by molar-refractivity contribution is -0.151. The van der Waals surface area contributed by atoms with Crippen molar-refractivity contribution in [2.45, 2.75) is 19.8 Å². The van der Waals surface area contributed by atoms with Crippen LogP contribution in [0.25, 0.3) is 0 Å². The zero-order chi connectivity index (χ0) is 16.8. The van der Waals surface area contributed by atoms with Crippen molar-refractivity contribution in [1.29, 1.82) is 0 Å². The quantitative estimate of drug-likeness (QED) is 0.778. The SMILES string of the molecule is CCOC(=O)C1CCCN(C(=O)COc2ccc(F)cc2F)C1. The van der Waals surface area contributed by atoms with Crippen LogP contribution in [-0.2, 0) is 14.3 Å². The molecule has 1 saturated heterocycles. The highest BCUT2D eigenvalue weighted by Gasteiger charge is 2.29. The van der Waals surface area contributed by atoms with Crippen molar-refractivity contribution in [1.82, 2.24) is 4.90 Å². The predicted molar refractivity (Wildman–Crippen MR) is 77.8 cm³/mol. The molecule has 1 unspecified atom stereocenters. The summed E-state index contributed by atoms with van der Waals surface area (Å²) in [4.78, 5) is 25.4. The van der Waals surface area contributed by atoms with Gasteiger partial charge in [0.05, 0.1) is 12.5 Å². The van der Waals surface area contributed by atoms with E-state index >= 15 is 0 Å². The van der Waals surface area contributed by atoms with Crippen molar-refractivity contribution in [3.8, 4) is 5.75 Å². The minimum absolute atomic E-state index is 0.182.